The van der Waals surface area contributed by atoms with Gasteiger partial charge in [0.1, 0.15) is 0 Å². The summed E-state index contributed by atoms with van der Waals surface area (Å²) in [4.78, 5) is 54.6. The van der Waals surface area contributed by atoms with Gasteiger partial charge < -0.3 is 15.0 Å². The van der Waals surface area contributed by atoms with E-state index in [4.69, 9.17) is 4.74 Å². The zero-order valence-corrected chi connectivity index (χ0v) is 18.9. The van der Waals surface area contributed by atoms with Crippen molar-refractivity contribution in [3.05, 3.63) is 34.9 Å². The number of imide groups is 1. The number of nitrogens with zero attached hydrogens (tertiary/aromatic N) is 3. The zero-order valence-electron chi connectivity index (χ0n) is 18.9. The molecule has 2 heterocycles. The van der Waals surface area contributed by atoms with Crippen LogP contribution in [0.5, 0.6) is 0 Å². The average Bonchev–Trinajstić information content (AvgIpc) is 3.01. The minimum atomic E-state index is -0.286. The van der Waals surface area contributed by atoms with Gasteiger partial charge in [0.2, 0.25) is 11.8 Å². The SMILES string of the molecule is COCCCNC(=O)CN1CCN(C(=O)CCCN2C(=O)c3ccc(C)cc3C2=O)CC1. The maximum absolute atomic E-state index is 12.6. The number of carbonyl (C=O) groups is 4. The first kappa shape index (κ1) is 23.9. The highest BCUT2D eigenvalue weighted by Crippen LogP contribution is 2.24. The molecule has 1 aromatic carbocycles. The molecule has 0 aliphatic carbocycles. The maximum atomic E-state index is 12.6. The van der Waals surface area contributed by atoms with Gasteiger partial charge in [0.05, 0.1) is 17.7 Å². The molecule has 1 saturated heterocycles. The Morgan fingerprint density at radius 2 is 1.75 bits per heavy atom. The van der Waals surface area contributed by atoms with Crippen LogP contribution in [0.1, 0.15) is 45.5 Å². The first-order valence-electron chi connectivity index (χ1n) is 11.1. The highest BCUT2D eigenvalue weighted by Gasteiger charge is 2.35. The maximum Gasteiger partial charge on any atom is 0.261 e. The quantitative estimate of drug-likeness (QED) is 0.421. The molecule has 1 N–H and O–H groups in total. The van der Waals surface area contributed by atoms with Crippen molar-refractivity contribution in [1.29, 1.82) is 0 Å². The highest BCUT2D eigenvalue weighted by atomic mass is 16.5. The molecule has 4 amide bonds. The molecule has 0 aromatic heterocycles. The summed E-state index contributed by atoms with van der Waals surface area (Å²) in [5.41, 5.74) is 1.82. The summed E-state index contributed by atoms with van der Waals surface area (Å²) in [6, 6.07) is 5.25. The van der Waals surface area contributed by atoms with E-state index in [1.165, 1.54) is 4.90 Å². The van der Waals surface area contributed by atoms with E-state index in [0.717, 1.165) is 12.0 Å². The predicted octanol–water partition coefficient (Wildman–Crippen LogP) is 0.668. The van der Waals surface area contributed by atoms with Gasteiger partial charge in [0, 0.05) is 59.4 Å². The van der Waals surface area contributed by atoms with Crippen LogP contribution in [0.2, 0.25) is 0 Å². The Balaban J connectivity index is 1.36. The molecular weight excluding hydrogens is 412 g/mol. The number of hydrogen-bond donors (Lipinski definition) is 1. The number of methoxy groups -OCH3 is 1. The Labute approximate surface area is 188 Å². The van der Waals surface area contributed by atoms with Crippen molar-refractivity contribution in [3.8, 4) is 0 Å². The van der Waals surface area contributed by atoms with Gasteiger partial charge in [-0.05, 0) is 31.9 Å². The average molecular weight is 445 g/mol. The lowest BCUT2D eigenvalue weighted by Gasteiger charge is -2.34. The highest BCUT2D eigenvalue weighted by molar-refractivity contribution is 6.21. The van der Waals surface area contributed by atoms with Gasteiger partial charge in [-0.2, -0.15) is 0 Å². The smallest absolute Gasteiger partial charge is 0.261 e. The van der Waals surface area contributed by atoms with E-state index in [1.54, 1.807) is 24.1 Å². The molecule has 32 heavy (non-hydrogen) atoms. The first-order chi connectivity index (χ1) is 15.4. The predicted molar refractivity (Wildman–Crippen MR) is 118 cm³/mol. The molecule has 0 bridgehead atoms. The Hall–Kier alpha value is -2.78. The van der Waals surface area contributed by atoms with Crippen molar-refractivity contribution in [2.24, 2.45) is 0 Å². The largest absolute Gasteiger partial charge is 0.385 e. The van der Waals surface area contributed by atoms with Crippen LogP contribution in [0.3, 0.4) is 0 Å². The number of rotatable bonds is 10. The number of piperazine rings is 1. The number of ether oxygens (including phenoxy) is 1. The molecule has 0 spiro atoms. The zero-order chi connectivity index (χ0) is 23.1. The lowest BCUT2D eigenvalue weighted by Crippen LogP contribution is -2.51. The molecule has 9 nitrogen and oxygen atoms in total. The van der Waals surface area contributed by atoms with E-state index in [2.05, 4.69) is 5.32 Å². The monoisotopic (exact) mass is 444 g/mol. The molecule has 1 fully saturated rings. The third-order valence-electron chi connectivity index (χ3n) is 5.84. The molecule has 2 aliphatic rings. The Morgan fingerprint density at radius 1 is 1.03 bits per heavy atom. The molecular formula is C23H32N4O5. The van der Waals surface area contributed by atoms with Crippen LogP contribution < -0.4 is 5.32 Å². The number of carbonyl (C=O) groups excluding carboxylic acids is 4. The van der Waals surface area contributed by atoms with Crippen LogP contribution in [0.15, 0.2) is 18.2 Å². The normalized spacial score (nSPS) is 16.4. The second-order valence-corrected chi connectivity index (χ2v) is 8.27. The third kappa shape index (κ3) is 5.92. The molecule has 0 atom stereocenters. The van der Waals surface area contributed by atoms with E-state index < -0.39 is 0 Å². The number of nitrogens with one attached hydrogen (secondary N) is 1. The van der Waals surface area contributed by atoms with E-state index in [-0.39, 0.29) is 36.6 Å². The molecule has 1 aromatic rings. The van der Waals surface area contributed by atoms with E-state index >= 15 is 0 Å². The summed E-state index contributed by atoms with van der Waals surface area (Å²) in [5, 5.41) is 2.87. The Bertz CT molecular complexity index is 864. The van der Waals surface area contributed by atoms with Crippen LogP contribution in [0.4, 0.5) is 0 Å². The fraction of sp³-hybridized carbons (Fsp3) is 0.565. The summed E-state index contributed by atoms with van der Waals surface area (Å²) >= 11 is 0. The van der Waals surface area contributed by atoms with E-state index in [1.807, 2.05) is 17.9 Å². The molecule has 3 rings (SSSR count). The standard InChI is InChI=1S/C23H32N4O5/c1-17-6-7-18-19(15-17)23(31)27(22(18)30)9-3-5-21(29)26-12-10-25(11-13-26)16-20(28)24-8-4-14-32-2/h6-7,15H,3-5,8-14,16H2,1-2H3,(H,24,28). The van der Waals surface area contributed by atoms with Gasteiger partial charge in [-0.3, -0.25) is 29.0 Å². The lowest BCUT2D eigenvalue weighted by molar-refractivity contribution is -0.133. The van der Waals surface area contributed by atoms with Crippen molar-refractivity contribution in [1.82, 2.24) is 20.0 Å². The fourth-order valence-electron chi connectivity index (χ4n) is 4.01. The van der Waals surface area contributed by atoms with Crippen molar-refractivity contribution < 1.29 is 23.9 Å². The summed E-state index contributed by atoms with van der Waals surface area (Å²) in [7, 11) is 1.63. The summed E-state index contributed by atoms with van der Waals surface area (Å²) < 4.78 is 4.96. The lowest BCUT2D eigenvalue weighted by atomic mass is 10.1. The Morgan fingerprint density at radius 3 is 2.47 bits per heavy atom. The third-order valence-corrected chi connectivity index (χ3v) is 5.84. The van der Waals surface area contributed by atoms with Gasteiger partial charge in [-0.25, -0.2) is 0 Å². The number of aryl methyl sites for hydroxylation is 1. The number of fused-ring (bicyclic) bond motifs is 1. The van der Waals surface area contributed by atoms with Gasteiger partial charge in [0.15, 0.2) is 0 Å². The fourth-order valence-corrected chi connectivity index (χ4v) is 4.01. The second-order valence-electron chi connectivity index (χ2n) is 8.27. The summed E-state index contributed by atoms with van der Waals surface area (Å²) in [6.45, 7) is 6.10. The minimum Gasteiger partial charge on any atom is -0.385 e. The Kier molecular flexibility index (Phi) is 8.35. The number of amides is 4. The van der Waals surface area contributed by atoms with Gasteiger partial charge >= 0.3 is 0 Å². The van der Waals surface area contributed by atoms with Gasteiger partial charge in [-0.15, -0.1) is 0 Å². The molecule has 9 heteroatoms. The van der Waals surface area contributed by atoms with Crippen molar-refractivity contribution in [2.75, 3.05) is 59.5 Å². The van der Waals surface area contributed by atoms with Crippen LogP contribution in [0, 0.1) is 6.92 Å². The van der Waals surface area contributed by atoms with Crippen LogP contribution >= 0.6 is 0 Å². The van der Waals surface area contributed by atoms with Crippen molar-refractivity contribution >= 4 is 23.6 Å². The molecule has 0 saturated carbocycles. The summed E-state index contributed by atoms with van der Waals surface area (Å²) in [5.74, 6) is -0.569. The first-order valence-corrected chi connectivity index (χ1v) is 11.1. The number of hydrogen-bond acceptors (Lipinski definition) is 6. The molecule has 0 unspecified atom stereocenters. The molecule has 2 aliphatic heterocycles. The minimum absolute atomic E-state index is 0.0149. The van der Waals surface area contributed by atoms with Crippen LogP contribution in [0.25, 0.3) is 0 Å². The van der Waals surface area contributed by atoms with E-state index in [9.17, 15) is 19.2 Å². The van der Waals surface area contributed by atoms with E-state index in [0.29, 0.717) is 63.4 Å². The van der Waals surface area contributed by atoms with Gasteiger partial charge in [-0.1, -0.05) is 11.6 Å². The van der Waals surface area contributed by atoms with Gasteiger partial charge in [0.25, 0.3) is 11.8 Å². The summed E-state index contributed by atoms with van der Waals surface area (Å²) in [6.07, 6.45) is 1.50. The topological polar surface area (TPSA) is 99.3 Å². The molecule has 174 valence electrons. The van der Waals surface area contributed by atoms with Crippen molar-refractivity contribution in [2.45, 2.75) is 26.2 Å². The van der Waals surface area contributed by atoms with Crippen LogP contribution in [-0.4, -0.2) is 97.9 Å². The van der Waals surface area contributed by atoms with Crippen molar-refractivity contribution in [3.63, 3.8) is 0 Å². The number of benzene rings is 1. The second kappa shape index (κ2) is 11.2. The van der Waals surface area contributed by atoms with Crippen LogP contribution in [-0.2, 0) is 14.3 Å². The molecule has 0 radical (unpaired) electrons.